The van der Waals surface area contributed by atoms with Gasteiger partial charge in [-0.3, -0.25) is 0 Å². The largest absolute Gasteiger partial charge is 0.431 e. The predicted molar refractivity (Wildman–Crippen MR) is 41.7 cm³/mol. The van der Waals surface area contributed by atoms with Gasteiger partial charge >= 0.3 is 5.97 Å². The highest BCUT2D eigenvalue weighted by Gasteiger charge is 2.59. The first-order valence-electron chi connectivity index (χ1n) is 4.70. The summed E-state index contributed by atoms with van der Waals surface area (Å²) < 4.78 is 16.3. The minimum Gasteiger partial charge on any atom is -0.431 e. The standard InChI is InChI=1S/C9H12O4/c1-3-5-4(2)7-9(12-5)13-8(10)6(3)11-7/h3-7,9H,1-2H3/t3-,4+,5+,6?,7?,9-/m0/s1. The molecule has 0 saturated carbocycles. The molecule has 3 bridgehead atoms. The lowest BCUT2D eigenvalue weighted by molar-refractivity contribution is -0.225. The van der Waals surface area contributed by atoms with Gasteiger partial charge < -0.3 is 14.2 Å². The average Bonchev–Trinajstić information content (AvgIpc) is 2.25. The van der Waals surface area contributed by atoms with E-state index in [1.807, 2.05) is 6.92 Å². The molecular formula is C9H12O4. The Morgan fingerprint density at radius 1 is 1.08 bits per heavy atom. The van der Waals surface area contributed by atoms with Gasteiger partial charge in [0, 0.05) is 11.8 Å². The number of carbonyl (C=O) groups is 1. The smallest absolute Gasteiger partial charge is 0.338 e. The molecule has 3 heterocycles. The molecule has 2 unspecified atom stereocenters. The third-order valence-electron chi connectivity index (χ3n) is 3.36. The van der Waals surface area contributed by atoms with Crippen LogP contribution in [0, 0.1) is 11.8 Å². The zero-order valence-corrected chi connectivity index (χ0v) is 7.60. The Labute approximate surface area is 76.1 Å². The van der Waals surface area contributed by atoms with E-state index >= 15 is 0 Å². The van der Waals surface area contributed by atoms with E-state index in [4.69, 9.17) is 14.2 Å². The van der Waals surface area contributed by atoms with Crippen LogP contribution in [0.25, 0.3) is 0 Å². The summed E-state index contributed by atoms with van der Waals surface area (Å²) in [5.41, 5.74) is 0. The monoisotopic (exact) mass is 184 g/mol. The number of esters is 1. The Morgan fingerprint density at radius 3 is 2.62 bits per heavy atom. The lowest BCUT2D eigenvalue weighted by Gasteiger charge is -2.38. The first-order chi connectivity index (χ1) is 6.18. The highest BCUT2D eigenvalue weighted by Crippen LogP contribution is 2.44. The Balaban J connectivity index is 2.02. The van der Waals surface area contributed by atoms with E-state index in [0.717, 1.165) is 0 Å². The fraction of sp³-hybridized carbons (Fsp3) is 0.889. The molecule has 13 heavy (non-hydrogen) atoms. The molecular weight excluding hydrogens is 172 g/mol. The van der Waals surface area contributed by atoms with Crippen molar-refractivity contribution in [3.63, 3.8) is 0 Å². The van der Waals surface area contributed by atoms with Crippen LogP contribution < -0.4 is 0 Å². The fourth-order valence-electron chi connectivity index (χ4n) is 2.59. The third-order valence-corrected chi connectivity index (χ3v) is 3.36. The van der Waals surface area contributed by atoms with Crippen LogP contribution in [0.5, 0.6) is 0 Å². The molecule has 3 saturated heterocycles. The van der Waals surface area contributed by atoms with Crippen LogP contribution in [-0.4, -0.2) is 30.6 Å². The van der Waals surface area contributed by atoms with Crippen LogP contribution in [0.4, 0.5) is 0 Å². The molecule has 0 spiro atoms. The van der Waals surface area contributed by atoms with E-state index in [1.54, 1.807) is 0 Å². The summed E-state index contributed by atoms with van der Waals surface area (Å²) >= 11 is 0. The normalized spacial score (nSPS) is 58.2. The summed E-state index contributed by atoms with van der Waals surface area (Å²) in [5, 5.41) is 0. The Kier molecular flexibility index (Phi) is 1.34. The van der Waals surface area contributed by atoms with Gasteiger partial charge in [0.25, 0.3) is 0 Å². The molecule has 0 aromatic heterocycles. The lowest BCUT2D eigenvalue weighted by atomic mass is 9.84. The van der Waals surface area contributed by atoms with Crippen molar-refractivity contribution in [1.29, 1.82) is 0 Å². The molecule has 0 aromatic carbocycles. The van der Waals surface area contributed by atoms with Gasteiger partial charge in [0.1, 0.15) is 6.10 Å². The molecule has 0 aliphatic carbocycles. The Hall–Kier alpha value is -0.610. The van der Waals surface area contributed by atoms with E-state index in [0.29, 0.717) is 5.92 Å². The van der Waals surface area contributed by atoms with Crippen molar-refractivity contribution in [1.82, 2.24) is 0 Å². The van der Waals surface area contributed by atoms with Gasteiger partial charge in [-0.15, -0.1) is 0 Å². The molecule has 0 N–H and O–H groups in total. The number of ether oxygens (including phenoxy) is 3. The molecule has 3 fully saturated rings. The first-order valence-corrected chi connectivity index (χ1v) is 4.70. The lowest BCUT2D eigenvalue weighted by Crippen LogP contribution is -2.53. The van der Waals surface area contributed by atoms with Gasteiger partial charge in [0.05, 0.1) is 6.10 Å². The zero-order valence-electron chi connectivity index (χ0n) is 7.60. The van der Waals surface area contributed by atoms with Gasteiger partial charge in [-0.1, -0.05) is 13.8 Å². The van der Waals surface area contributed by atoms with Gasteiger partial charge in [0.15, 0.2) is 6.10 Å². The second-order valence-corrected chi connectivity index (χ2v) is 4.15. The van der Waals surface area contributed by atoms with Gasteiger partial charge in [0.2, 0.25) is 6.29 Å². The number of hydrogen-bond acceptors (Lipinski definition) is 4. The molecule has 4 heteroatoms. The predicted octanol–water partition coefficient (Wildman–Crippen LogP) is 0.308. The summed E-state index contributed by atoms with van der Waals surface area (Å²) in [6, 6.07) is 0. The molecule has 72 valence electrons. The first kappa shape index (κ1) is 7.76. The molecule has 3 aliphatic rings. The van der Waals surface area contributed by atoms with Crippen LogP contribution in [0.15, 0.2) is 0 Å². The SMILES string of the molecule is C[C@@H]1C2OC3[C@H](OC2=O)O[C@H]1[C@H]3C. The highest BCUT2D eigenvalue weighted by atomic mass is 16.8. The zero-order chi connectivity index (χ0) is 9.16. The quantitative estimate of drug-likeness (QED) is 0.508. The highest BCUT2D eigenvalue weighted by molar-refractivity contribution is 5.76. The van der Waals surface area contributed by atoms with Crippen molar-refractivity contribution in [3.8, 4) is 0 Å². The average molecular weight is 184 g/mol. The second kappa shape index (κ2) is 2.25. The summed E-state index contributed by atoms with van der Waals surface area (Å²) in [5.74, 6) is 0.193. The number of rotatable bonds is 0. The van der Waals surface area contributed by atoms with Crippen LogP contribution >= 0.6 is 0 Å². The summed E-state index contributed by atoms with van der Waals surface area (Å²) in [7, 11) is 0. The summed E-state index contributed by atoms with van der Waals surface area (Å²) in [6.45, 7) is 4.07. The van der Waals surface area contributed by atoms with Crippen LogP contribution in [-0.2, 0) is 19.0 Å². The van der Waals surface area contributed by atoms with Crippen LogP contribution in [0.1, 0.15) is 13.8 Å². The van der Waals surface area contributed by atoms with E-state index in [-0.39, 0.29) is 24.1 Å². The molecule has 3 rings (SSSR count). The second-order valence-electron chi connectivity index (χ2n) is 4.15. The Bertz CT molecular complexity index is 264. The van der Waals surface area contributed by atoms with Crippen molar-refractivity contribution in [2.24, 2.45) is 11.8 Å². The summed E-state index contributed by atoms with van der Waals surface area (Å²) in [4.78, 5) is 11.3. The molecule has 6 atom stereocenters. The summed E-state index contributed by atoms with van der Waals surface area (Å²) in [6.07, 6.45) is -0.761. The topological polar surface area (TPSA) is 44.8 Å². The maximum atomic E-state index is 11.3. The maximum absolute atomic E-state index is 11.3. The van der Waals surface area contributed by atoms with Crippen molar-refractivity contribution < 1.29 is 19.0 Å². The van der Waals surface area contributed by atoms with Crippen LogP contribution in [0.2, 0.25) is 0 Å². The van der Waals surface area contributed by atoms with Gasteiger partial charge in [-0.2, -0.15) is 0 Å². The van der Waals surface area contributed by atoms with Crippen molar-refractivity contribution in [3.05, 3.63) is 0 Å². The maximum Gasteiger partial charge on any atom is 0.338 e. The Morgan fingerprint density at radius 2 is 1.85 bits per heavy atom. The van der Waals surface area contributed by atoms with E-state index < -0.39 is 12.4 Å². The number of hydrogen-bond donors (Lipinski definition) is 0. The molecule has 4 nitrogen and oxygen atoms in total. The van der Waals surface area contributed by atoms with Crippen molar-refractivity contribution in [2.75, 3.05) is 0 Å². The van der Waals surface area contributed by atoms with E-state index in [9.17, 15) is 4.79 Å². The van der Waals surface area contributed by atoms with Gasteiger partial charge in [-0.05, 0) is 0 Å². The van der Waals surface area contributed by atoms with E-state index in [1.165, 1.54) is 0 Å². The number of carbonyl (C=O) groups excluding carboxylic acids is 1. The fourth-order valence-corrected chi connectivity index (χ4v) is 2.59. The van der Waals surface area contributed by atoms with Crippen molar-refractivity contribution >= 4 is 5.97 Å². The van der Waals surface area contributed by atoms with Crippen LogP contribution in [0.3, 0.4) is 0 Å². The van der Waals surface area contributed by atoms with Crippen molar-refractivity contribution in [2.45, 2.75) is 38.4 Å². The molecule has 0 aromatic rings. The molecule has 0 radical (unpaired) electrons. The molecule has 3 aliphatic heterocycles. The minimum atomic E-state index is -0.450. The van der Waals surface area contributed by atoms with E-state index in [2.05, 4.69) is 6.92 Å². The van der Waals surface area contributed by atoms with Gasteiger partial charge in [-0.25, -0.2) is 4.79 Å². The third kappa shape index (κ3) is 0.802. The number of fused-ring (bicyclic) bond motifs is 2. The minimum absolute atomic E-state index is 0.0381. The molecule has 0 amide bonds.